The van der Waals surface area contributed by atoms with Crippen molar-refractivity contribution in [1.29, 1.82) is 0 Å². The third-order valence-corrected chi connectivity index (χ3v) is 3.41. The Morgan fingerprint density at radius 2 is 2.38 bits per heavy atom. The second-order valence-electron chi connectivity index (χ2n) is 4.80. The van der Waals surface area contributed by atoms with Crippen LogP contribution in [0.15, 0.2) is 0 Å². The van der Waals surface area contributed by atoms with E-state index in [4.69, 9.17) is 9.84 Å². The molecule has 0 aromatic carbocycles. The van der Waals surface area contributed by atoms with Crippen molar-refractivity contribution in [2.75, 3.05) is 26.2 Å². The van der Waals surface area contributed by atoms with Gasteiger partial charge in [0, 0.05) is 19.7 Å². The molecule has 2 fully saturated rings. The van der Waals surface area contributed by atoms with Crippen LogP contribution in [0.4, 0.5) is 0 Å². The Morgan fingerprint density at radius 3 is 2.88 bits per heavy atom. The van der Waals surface area contributed by atoms with E-state index in [0.29, 0.717) is 6.10 Å². The Morgan fingerprint density at radius 1 is 1.56 bits per heavy atom. The Hall–Kier alpha value is -0.650. The van der Waals surface area contributed by atoms with E-state index >= 15 is 0 Å². The van der Waals surface area contributed by atoms with E-state index in [9.17, 15) is 4.79 Å². The molecule has 2 aliphatic rings. The predicted molar refractivity (Wildman–Crippen MR) is 59.4 cm³/mol. The van der Waals surface area contributed by atoms with Crippen molar-refractivity contribution in [2.45, 2.75) is 37.3 Å². The normalized spacial score (nSPS) is 27.6. The lowest BCUT2D eigenvalue weighted by Gasteiger charge is -2.42. The first kappa shape index (κ1) is 11.8. The monoisotopic (exact) mass is 228 g/mol. The molecule has 0 saturated carbocycles. The van der Waals surface area contributed by atoms with Gasteiger partial charge < -0.3 is 20.5 Å². The van der Waals surface area contributed by atoms with Crippen molar-refractivity contribution in [1.82, 2.24) is 10.6 Å². The zero-order valence-corrected chi connectivity index (χ0v) is 9.50. The zero-order chi connectivity index (χ0) is 11.4. The van der Waals surface area contributed by atoms with Gasteiger partial charge in [-0.2, -0.15) is 0 Å². The van der Waals surface area contributed by atoms with Gasteiger partial charge in [-0.1, -0.05) is 0 Å². The molecule has 0 aromatic rings. The van der Waals surface area contributed by atoms with Gasteiger partial charge in [-0.3, -0.25) is 4.79 Å². The summed E-state index contributed by atoms with van der Waals surface area (Å²) in [7, 11) is 0. The van der Waals surface area contributed by atoms with Gasteiger partial charge in [0.25, 0.3) is 0 Å². The highest BCUT2D eigenvalue weighted by Gasteiger charge is 2.38. The molecule has 2 heterocycles. The van der Waals surface area contributed by atoms with Crippen molar-refractivity contribution in [3.63, 3.8) is 0 Å². The summed E-state index contributed by atoms with van der Waals surface area (Å²) in [4.78, 5) is 10.7. The average molecular weight is 228 g/mol. The van der Waals surface area contributed by atoms with Crippen LogP contribution < -0.4 is 10.6 Å². The first-order valence-corrected chi connectivity index (χ1v) is 5.99. The highest BCUT2D eigenvalue weighted by molar-refractivity contribution is 5.68. The fourth-order valence-corrected chi connectivity index (χ4v) is 2.40. The van der Waals surface area contributed by atoms with E-state index in [1.807, 2.05) is 0 Å². The van der Waals surface area contributed by atoms with Gasteiger partial charge >= 0.3 is 5.97 Å². The number of hydrogen-bond donors (Lipinski definition) is 3. The predicted octanol–water partition coefficient (Wildman–Crippen LogP) is -0.0382. The lowest BCUT2D eigenvalue weighted by molar-refractivity contribution is -0.139. The molecule has 5 nitrogen and oxygen atoms in total. The van der Waals surface area contributed by atoms with Crippen LogP contribution in [0.5, 0.6) is 0 Å². The number of hydrogen-bond acceptors (Lipinski definition) is 4. The molecule has 0 aliphatic carbocycles. The van der Waals surface area contributed by atoms with Crippen LogP contribution in [0.1, 0.15) is 25.7 Å². The number of nitrogens with one attached hydrogen (secondary N) is 2. The van der Waals surface area contributed by atoms with Crippen molar-refractivity contribution in [3.8, 4) is 0 Å². The van der Waals surface area contributed by atoms with Gasteiger partial charge in [0.1, 0.15) is 0 Å². The third kappa shape index (κ3) is 2.93. The lowest BCUT2D eigenvalue weighted by Crippen LogP contribution is -2.68. The summed E-state index contributed by atoms with van der Waals surface area (Å²) in [5.74, 6) is -0.730. The van der Waals surface area contributed by atoms with E-state index in [1.165, 1.54) is 0 Å². The van der Waals surface area contributed by atoms with Gasteiger partial charge in [0.05, 0.1) is 18.1 Å². The molecule has 0 spiro atoms. The molecule has 2 aliphatic heterocycles. The van der Waals surface area contributed by atoms with Crippen molar-refractivity contribution >= 4 is 5.97 Å². The third-order valence-electron chi connectivity index (χ3n) is 3.41. The fraction of sp³-hybridized carbons (Fsp3) is 0.909. The Balaban J connectivity index is 1.68. The van der Waals surface area contributed by atoms with Crippen molar-refractivity contribution in [2.24, 2.45) is 0 Å². The maximum absolute atomic E-state index is 10.7. The molecular weight excluding hydrogens is 208 g/mol. The van der Waals surface area contributed by atoms with Crippen molar-refractivity contribution < 1.29 is 14.6 Å². The van der Waals surface area contributed by atoms with E-state index in [2.05, 4.69) is 10.6 Å². The van der Waals surface area contributed by atoms with Gasteiger partial charge in [-0.25, -0.2) is 0 Å². The number of carboxylic acids is 1. The van der Waals surface area contributed by atoms with Crippen LogP contribution in [0, 0.1) is 0 Å². The first-order chi connectivity index (χ1) is 7.70. The first-order valence-electron chi connectivity index (χ1n) is 5.99. The summed E-state index contributed by atoms with van der Waals surface area (Å²) in [6, 6.07) is 0. The summed E-state index contributed by atoms with van der Waals surface area (Å²) in [5, 5.41) is 15.3. The quantitative estimate of drug-likeness (QED) is 0.595. The Bertz CT molecular complexity index is 248. The highest BCUT2D eigenvalue weighted by Crippen LogP contribution is 2.18. The van der Waals surface area contributed by atoms with Gasteiger partial charge in [-0.15, -0.1) is 0 Å². The van der Waals surface area contributed by atoms with E-state index in [-0.39, 0.29) is 12.0 Å². The maximum Gasteiger partial charge on any atom is 0.305 e. The minimum absolute atomic E-state index is 0.200. The van der Waals surface area contributed by atoms with Crippen molar-refractivity contribution in [3.05, 3.63) is 0 Å². The van der Waals surface area contributed by atoms with Gasteiger partial charge in [0.2, 0.25) is 0 Å². The van der Waals surface area contributed by atoms with Crippen LogP contribution in [-0.4, -0.2) is 49.0 Å². The summed E-state index contributed by atoms with van der Waals surface area (Å²) in [6.45, 7) is 3.24. The summed E-state index contributed by atoms with van der Waals surface area (Å²) < 4.78 is 5.53. The van der Waals surface area contributed by atoms with Crippen LogP contribution >= 0.6 is 0 Å². The number of rotatable bonds is 6. The summed E-state index contributed by atoms with van der Waals surface area (Å²) in [6.07, 6.45) is 3.87. The largest absolute Gasteiger partial charge is 0.481 e. The average Bonchev–Trinajstić information content (AvgIpc) is 2.66. The molecule has 0 bridgehead atoms. The minimum atomic E-state index is -0.730. The molecule has 3 N–H and O–H groups in total. The van der Waals surface area contributed by atoms with E-state index < -0.39 is 5.97 Å². The molecule has 0 amide bonds. The minimum Gasteiger partial charge on any atom is -0.481 e. The Labute approximate surface area is 95.5 Å². The molecule has 2 saturated heterocycles. The second-order valence-corrected chi connectivity index (χ2v) is 4.80. The highest BCUT2D eigenvalue weighted by atomic mass is 16.5. The van der Waals surface area contributed by atoms with Crippen LogP contribution in [0.2, 0.25) is 0 Å². The number of carboxylic acid groups (broad SMARTS) is 1. The molecule has 1 atom stereocenters. The molecule has 0 radical (unpaired) electrons. The summed E-state index contributed by atoms with van der Waals surface area (Å²) in [5.41, 5.74) is -0.218. The SMILES string of the molecule is O=C(O)CC1(NCCC2CCCO2)CNC1. The smallest absolute Gasteiger partial charge is 0.305 e. The number of carbonyl (C=O) groups is 1. The van der Waals surface area contributed by atoms with Crippen LogP contribution in [-0.2, 0) is 9.53 Å². The topological polar surface area (TPSA) is 70.6 Å². The molecule has 5 heteroatoms. The fourth-order valence-electron chi connectivity index (χ4n) is 2.40. The van der Waals surface area contributed by atoms with Crippen LogP contribution in [0.25, 0.3) is 0 Å². The van der Waals surface area contributed by atoms with Gasteiger partial charge in [0.15, 0.2) is 0 Å². The van der Waals surface area contributed by atoms with E-state index in [0.717, 1.165) is 45.5 Å². The van der Waals surface area contributed by atoms with Gasteiger partial charge in [-0.05, 0) is 25.8 Å². The standard InChI is InChI=1S/C11H20N2O3/c14-10(15)6-11(7-12-8-11)13-4-3-9-2-1-5-16-9/h9,12-13H,1-8H2,(H,14,15). The molecule has 1 unspecified atom stereocenters. The number of aliphatic carboxylic acids is 1. The number of ether oxygens (including phenoxy) is 1. The zero-order valence-electron chi connectivity index (χ0n) is 9.50. The molecule has 0 aromatic heterocycles. The molecular formula is C11H20N2O3. The second kappa shape index (κ2) is 5.12. The molecule has 92 valence electrons. The lowest BCUT2D eigenvalue weighted by atomic mass is 9.88. The summed E-state index contributed by atoms with van der Waals surface area (Å²) >= 11 is 0. The molecule has 16 heavy (non-hydrogen) atoms. The van der Waals surface area contributed by atoms with E-state index in [1.54, 1.807) is 0 Å². The maximum atomic E-state index is 10.7. The van der Waals surface area contributed by atoms with Crippen LogP contribution in [0.3, 0.4) is 0 Å². The molecule has 2 rings (SSSR count). The Kier molecular flexibility index (Phi) is 3.78.